The molecule has 2 fully saturated rings. The van der Waals surface area contributed by atoms with Gasteiger partial charge in [0.05, 0.1) is 5.92 Å². The van der Waals surface area contributed by atoms with Crippen LogP contribution in [-0.4, -0.2) is 32.7 Å². The molecular formula is C20H24N2O5. The highest BCUT2D eigenvalue weighted by atomic mass is 16.4. The van der Waals surface area contributed by atoms with E-state index in [-0.39, 0.29) is 17.8 Å². The molecule has 27 heavy (non-hydrogen) atoms. The molecule has 4 rings (SSSR count). The smallest absolute Gasteiger partial charge is 0.324 e. The molecule has 2 aromatic rings. The molecule has 0 bridgehead atoms. The van der Waals surface area contributed by atoms with Crippen LogP contribution in [0.4, 0.5) is 0 Å². The van der Waals surface area contributed by atoms with Crippen LogP contribution in [0.3, 0.4) is 0 Å². The van der Waals surface area contributed by atoms with Crippen LogP contribution in [0.15, 0.2) is 28.7 Å². The summed E-state index contributed by atoms with van der Waals surface area (Å²) in [7, 11) is 0. The van der Waals surface area contributed by atoms with Gasteiger partial charge in [-0.3, -0.25) is 9.59 Å². The maximum atomic E-state index is 12.2. The second kappa shape index (κ2) is 5.79. The van der Waals surface area contributed by atoms with Crippen molar-refractivity contribution in [3.05, 3.63) is 30.2 Å². The molecule has 2 aliphatic rings. The number of aliphatic carboxylic acids is 2. The highest BCUT2D eigenvalue weighted by Gasteiger charge is 2.85. The Kier molecular flexibility index (Phi) is 3.86. The van der Waals surface area contributed by atoms with Crippen LogP contribution in [-0.2, 0) is 16.0 Å². The first-order valence-electron chi connectivity index (χ1n) is 9.42. The van der Waals surface area contributed by atoms with Crippen molar-refractivity contribution in [2.45, 2.75) is 38.6 Å². The Balaban J connectivity index is 1.77. The van der Waals surface area contributed by atoms with Gasteiger partial charge in [0.25, 0.3) is 0 Å². The van der Waals surface area contributed by atoms with Gasteiger partial charge in [0.2, 0.25) is 0 Å². The number of fused-ring (bicyclic) bond motifs is 2. The largest absolute Gasteiger partial charge is 0.481 e. The Morgan fingerprint density at radius 3 is 2.52 bits per heavy atom. The van der Waals surface area contributed by atoms with Crippen molar-refractivity contribution in [3.8, 4) is 0 Å². The van der Waals surface area contributed by atoms with Crippen LogP contribution < -0.4 is 5.73 Å². The quantitative estimate of drug-likeness (QED) is 0.711. The molecule has 1 unspecified atom stereocenters. The lowest BCUT2D eigenvalue weighted by Gasteiger charge is -2.38. The second-order valence-corrected chi connectivity index (χ2v) is 7.87. The summed E-state index contributed by atoms with van der Waals surface area (Å²) in [6.45, 7) is 3.76. The molecule has 6 atom stereocenters. The summed E-state index contributed by atoms with van der Waals surface area (Å²) in [5.41, 5.74) is 5.46. The molecule has 4 N–H and O–H groups in total. The molecule has 2 saturated carbocycles. The van der Waals surface area contributed by atoms with Gasteiger partial charge in [-0.05, 0) is 36.3 Å². The van der Waals surface area contributed by atoms with E-state index in [0.29, 0.717) is 30.7 Å². The number of oxazole rings is 1. The molecule has 0 amide bonds. The molecule has 7 heteroatoms. The number of carboxylic acids is 2. The fourth-order valence-electron chi connectivity index (χ4n) is 6.15. The molecule has 0 aliphatic heterocycles. The van der Waals surface area contributed by atoms with Crippen molar-refractivity contribution in [1.82, 2.24) is 4.98 Å². The second-order valence-electron chi connectivity index (χ2n) is 7.87. The van der Waals surface area contributed by atoms with E-state index in [1.807, 2.05) is 38.1 Å². The first kappa shape index (κ1) is 18.0. The van der Waals surface area contributed by atoms with E-state index >= 15 is 0 Å². The lowest BCUT2D eigenvalue weighted by molar-refractivity contribution is -0.151. The van der Waals surface area contributed by atoms with Crippen LogP contribution in [0.25, 0.3) is 11.1 Å². The van der Waals surface area contributed by atoms with E-state index < -0.39 is 28.8 Å². The summed E-state index contributed by atoms with van der Waals surface area (Å²) >= 11 is 0. The minimum Gasteiger partial charge on any atom is -0.481 e. The first-order valence-corrected chi connectivity index (χ1v) is 9.42. The molecule has 1 heterocycles. The normalized spacial score (nSPS) is 37.3. The third-order valence-corrected chi connectivity index (χ3v) is 7.13. The van der Waals surface area contributed by atoms with Crippen LogP contribution in [0.5, 0.6) is 0 Å². The third-order valence-electron chi connectivity index (χ3n) is 7.13. The van der Waals surface area contributed by atoms with Crippen LogP contribution in [0.1, 0.15) is 32.6 Å². The molecule has 144 valence electrons. The summed E-state index contributed by atoms with van der Waals surface area (Å²) in [6, 6.07) is 7.42. The maximum Gasteiger partial charge on any atom is 0.324 e. The summed E-state index contributed by atoms with van der Waals surface area (Å²) in [4.78, 5) is 28.6. The van der Waals surface area contributed by atoms with Crippen LogP contribution in [0.2, 0.25) is 0 Å². The number of hydrogen-bond donors (Lipinski definition) is 3. The van der Waals surface area contributed by atoms with Crippen molar-refractivity contribution in [2.75, 3.05) is 0 Å². The lowest BCUT2D eigenvalue weighted by Crippen LogP contribution is -2.60. The number of nitrogens with zero attached hydrogens (tertiary/aromatic N) is 1. The van der Waals surface area contributed by atoms with Gasteiger partial charge in [0.1, 0.15) is 11.1 Å². The van der Waals surface area contributed by atoms with Gasteiger partial charge in [0.15, 0.2) is 11.5 Å². The van der Waals surface area contributed by atoms with Gasteiger partial charge in [0, 0.05) is 11.8 Å². The highest BCUT2D eigenvalue weighted by molar-refractivity contribution is 5.88. The molecule has 1 aromatic heterocycles. The average molecular weight is 372 g/mol. The summed E-state index contributed by atoms with van der Waals surface area (Å²) in [5.74, 6) is -3.09. The van der Waals surface area contributed by atoms with Gasteiger partial charge < -0.3 is 20.4 Å². The molecular weight excluding hydrogens is 348 g/mol. The van der Waals surface area contributed by atoms with Gasteiger partial charge in [-0.2, -0.15) is 0 Å². The predicted octanol–water partition coefficient (Wildman–Crippen LogP) is 2.54. The molecule has 0 radical (unpaired) electrons. The number of rotatable bonds is 6. The minimum absolute atomic E-state index is 0.190. The molecule has 0 spiro atoms. The van der Waals surface area contributed by atoms with E-state index in [4.69, 9.17) is 10.2 Å². The molecule has 7 nitrogen and oxygen atoms in total. The summed E-state index contributed by atoms with van der Waals surface area (Å²) < 4.78 is 5.83. The Hall–Kier alpha value is -2.41. The Morgan fingerprint density at radius 2 is 1.96 bits per heavy atom. The van der Waals surface area contributed by atoms with Crippen LogP contribution >= 0.6 is 0 Å². The highest BCUT2D eigenvalue weighted by Crippen LogP contribution is 2.77. The van der Waals surface area contributed by atoms with Crippen molar-refractivity contribution >= 4 is 23.0 Å². The van der Waals surface area contributed by atoms with Gasteiger partial charge >= 0.3 is 11.9 Å². The van der Waals surface area contributed by atoms with Crippen molar-refractivity contribution in [2.24, 2.45) is 34.8 Å². The number of carbonyl (C=O) groups is 2. The van der Waals surface area contributed by atoms with E-state index in [1.54, 1.807) is 0 Å². The van der Waals surface area contributed by atoms with E-state index in [2.05, 4.69) is 4.98 Å². The Morgan fingerprint density at radius 1 is 1.26 bits per heavy atom. The van der Waals surface area contributed by atoms with Crippen molar-refractivity contribution in [1.29, 1.82) is 0 Å². The fraction of sp³-hybridized carbons (Fsp3) is 0.550. The zero-order chi connectivity index (χ0) is 19.6. The topological polar surface area (TPSA) is 127 Å². The van der Waals surface area contributed by atoms with E-state index in [9.17, 15) is 19.8 Å². The number of benzene rings is 1. The van der Waals surface area contributed by atoms with Crippen molar-refractivity contribution in [3.63, 3.8) is 0 Å². The van der Waals surface area contributed by atoms with Crippen molar-refractivity contribution < 1.29 is 24.2 Å². The maximum absolute atomic E-state index is 12.2. The molecule has 2 aliphatic carbocycles. The summed E-state index contributed by atoms with van der Waals surface area (Å²) in [6.07, 6.45) is 1.39. The fourth-order valence-corrected chi connectivity index (χ4v) is 6.15. The van der Waals surface area contributed by atoms with Crippen LogP contribution in [0, 0.1) is 29.1 Å². The number of nitrogens with two attached hydrogens (primary N) is 1. The number of carboxylic acid groups (broad SMARTS) is 2. The number of para-hydroxylation sites is 2. The monoisotopic (exact) mass is 372 g/mol. The Bertz CT molecular complexity index is 891. The van der Waals surface area contributed by atoms with E-state index in [0.717, 1.165) is 5.52 Å². The first-order chi connectivity index (χ1) is 12.8. The van der Waals surface area contributed by atoms with Gasteiger partial charge in [-0.25, -0.2) is 4.98 Å². The van der Waals surface area contributed by atoms with Gasteiger partial charge in [-0.1, -0.05) is 32.4 Å². The van der Waals surface area contributed by atoms with E-state index in [1.165, 1.54) is 0 Å². The van der Waals surface area contributed by atoms with Gasteiger partial charge in [-0.15, -0.1) is 0 Å². The Labute approximate surface area is 156 Å². The number of hydrogen-bond acceptors (Lipinski definition) is 5. The zero-order valence-corrected chi connectivity index (χ0v) is 15.4. The third kappa shape index (κ3) is 2.09. The minimum atomic E-state index is -1.55. The predicted molar refractivity (Wildman–Crippen MR) is 96.9 cm³/mol. The summed E-state index contributed by atoms with van der Waals surface area (Å²) in [5, 5.41) is 19.7. The average Bonchev–Trinajstić information content (AvgIpc) is 3.08. The SMILES string of the molecule is CCC1[C@@H](Cc2nc3ccccc3o2)[C@H]2[C@@H](C(=O)O)[C@@]2(CC)[C@@]1(N)C(=O)O. The standard InChI is InChI=1S/C20H24N2O5/c1-3-11-10(9-14-22-12-7-5-6-8-13(12)27-14)15-16(17(23)24)19(15,4-2)20(11,21)18(25)26/h5-8,10-11,15-16H,3-4,9,21H2,1-2H3,(H,23,24)(H,25,26)/t10-,11?,15+,16+,19+,20+/m1/s1. The number of aromatic nitrogens is 1. The zero-order valence-electron chi connectivity index (χ0n) is 15.4. The molecule has 1 aromatic carbocycles. The lowest BCUT2D eigenvalue weighted by atomic mass is 9.69. The molecule has 0 saturated heterocycles.